The van der Waals surface area contributed by atoms with Gasteiger partial charge in [0, 0.05) is 30.6 Å². The van der Waals surface area contributed by atoms with Gasteiger partial charge in [-0.05, 0) is 6.42 Å². The van der Waals surface area contributed by atoms with E-state index < -0.39 is 0 Å². The Morgan fingerprint density at radius 1 is 1.31 bits per heavy atom. The van der Waals surface area contributed by atoms with Crippen molar-refractivity contribution in [1.82, 2.24) is 15.0 Å². The van der Waals surface area contributed by atoms with Crippen LogP contribution in [0.1, 0.15) is 24.0 Å². The molecule has 5 heteroatoms. The molecule has 4 nitrogen and oxygen atoms in total. The monoisotopic (exact) mass is 234 g/mol. The van der Waals surface area contributed by atoms with Gasteiger partial charge in [0.15, 0.2) is 0 Å². The molecule has 0 unspecified atom stereocenters. The first kappa shape index (κ1) is 11.0. The number of hydrogen-bond donors (Lipinski definition) is 1. The van der Waals surface area contributed by atoms with Gasteiger partial charge < -0.3 is 5.32 Å². The SMILES string of the molecule is CCCNc1cc(Cc2nccs2)ncn1. The summed E-state index contributed by atoms with van der Waals surface area (Å²) in [6.45, 7) is 3.07. The smallest absolute Gasteiger partial charge is 0.129 e. The summed E-state index contributed by atoms with van der Waals surface area (Å²) in [5.41, 5.74) is 1.00. The standard InChI is InChI=1S/C11H14N4S/c1-2-3-12-10-6-9(14-8-15-10)7-11-13-4-5-16-11/h4-6,8H,2-3,7H2,1H3,(H,12,14,15). The Balaban J connectivity index is 2.04. The highest BCUT2D eigenvalue weighted by Gasteiger charge is 2.01. The Labute approximate surface area is 98.8 Å². The minimum Gasteiger partial charge on any atom is -0.370 e. The summed E-state index contributed by atoms with van der Waals surface area (Å²) in [4.78, 5) is 12.6. The van der Waals surface area contributed by atoms with E-state index in [1.807, 2.05) is 17.6 Å². The third-order valence-electron chi connectivity index (χ3n) is 2.10. The van der Waals surface area contributed by atoms with E-state index in [9.17, 15) is 0 Å². The van der Waals surface area contributed by atoms with Crippen LogP contribution in [0.4, 0.5) is 5.82 Å². The molecule has 0 saturated carbocycles. The van der Waals surface area contributed by atoms with Crippen molar-refractivity contribution < 1.29 is 0 Å². The average Bonchev–Trinajstić information content (AvgIpc) is 2.80. The fourth-order valence-corrected chi connectivity index (χ4v) is 1.97. The molecule has 2 aromatic heterocycles. The lowest BCUT2D eigenvalue weighted by Crippen LogP contribution is -2.03. The van der Waals surface area contributed by atoms with Crippen LogP contribution in [0.5, 0.6) is 0 Å². The lowest BCUT2D eigenvalue weighted by atomic mass is 10.3. The van der Waals surface area contributed by atoms with Gasteiger partial charge in [-0.25, -0.2) is 15.0 Å². The van der Waals surface area contributed by atoms with E-state index in [0.29, 0.717) is 0 Å². The van der Waals surface area contributed by atoms with Crippen LogP contribution < -0.4 is 5.32 Å². The normalized spacial score (nSPS) is 10.3. The van der Waals surface area contributed by atoms with Crippen molar-refractivity contribution in [2.75, 3.05) is 11.9 Å². The summed E-state index contributed by atoms with van der Waals surface area (Å²) in [6.07, 6.45) is 5.28. The zero-order valence-electron chi connectivity index (χ0n) is 9.18. The molecule has 0 fully saturated rings. The third kappa shape index (κ3) is 3.00. The predicted octanol–water partition coefficient (Wildman–Crippen LogP) is 2.35. The van der Waals surface area contributed by atoms with Crippen molar-refractivity contribution in [3.63, 3.8) is 0 Å². The zero-order chi connectivity index (χ0) is 11.2. The molecule has 0 aliphatic heterocycles. The van der Waals surface area contributed by atoms with E-state index >= 15 is 0 Å². The lowest BCUT2D eigenvalue weighted by molar-refractivity contribution is 0.952. The summed E-state index contributed by atoms with van der Waals surface area (Å²) in [5, 5.41) is 6.31. The van der Waals surface area contributed by atoms with Gasteiger partial charge in [-0.2, -0.15) is 0 Å². The quantitative estimate of drug-likeness (QED) is 0.862. The van der Waals surface area contributed by atoms with Crippen LogP contribution in [0.2, 0.25) is 0 Å². The minimum absolute atomic E-state index is 0.779. The van der Waals surface area contributed by atoms with Crippen LogP contribution in [-0.4, -0.2) is 21.5 Å². The average molecular weight is 234 g/mol. The molecule has 0 aromatic carbocycles. The van der Waals surface area contributed by atoms with Gasteiger partial charge in [0.1, 0.15) is 12.1 Å². The second-order valence-electron chi connectivity index (χ2n) is 3.42. The zero-order valence-corrected chi connectivity index (χ0v) is 10.00. The van der Waals surface area contributed by atoms with Crippen LogP contribution in [0.15, 0.2) is 24.0 Å². The Morgan fingerprint density at radius 3 is 3.00 bits per heavy atom. The number of rotatable bonds is 5. The van der Waals surface area contributed by atoms with Crippen LogP contribution in [0.25, 0.3) is 0 Å². The molecule has 0 atom stereocenters. The second kappa shape index (κ2) is 5.55. The molecule has 0 radical (unpaired) electrons. The van der Waals surface area contributed by atoms with E-state index in [1.165, 1.54) is 0 Å². The third-order valence-corrected chi connectivity index (χ3v) is 2.88. The highest BCUT2D eigenvalue weighted by Crippen LogP contribution is 2.11. The molecule has 16 heavy (non-hydrogen) atoms. The Bertz CT molecular complexity index is 427. The summed E-state index contributed by atoms with van der Waals surface area (Å²) in [6, 6.07) is 1.98. The van der Waals surface area contributed by atoms with Gasteiger partial charge in [-0.1, -0.05) is 6.92 Å². The van der Waals surface area contributed by atoms with Gasteiger partial charge >= 0.3 is 0 Å². The summed E-state index contributed by atoms with van der Waals surface area (Å²) >= 11 is 1.65. The predicted molar refractivity (Wildman–Crippen MR) is 65.7 cm³/mol. The first-order valence-electron chi connectivity index (χ1n) is 5.31. The molecule has 0 saturated heterocycles. The number of anilines is 1. The van der Waals surface area contributed by atoms with E-state index in [1.54, 1.807) is 17.7 Å². The fourth-order valence-electron chi connectivity index (χ4n) is 1.34. The molecular formula is C11H14N4S. The first-order valence-corrected chi connectivity index (χ1v) is 6.19. The highest BCUT2D eigenvalue weighted by atomic mass is 32.1. The van der Waals surface area contributed by atoms with Crippen molar-refractivity contribution in [3.8, 4) is 0 Å². The maximum atomic E-state index is 4.24. The molecule has 1 N–H and O–H groups in total. The van der Waals surface area contributed by atoms with Gasteiger partial charge in [0.05, 0.1) is 10.7 Å². The van der Waals surface area contributed by atoms with Crippen LogP contribution in [0, 0.1) is 0 Å². The molecule has 0 aliphatic rings. The van der Waals surface area contributed by atoms with Crippen molar-refractivity contribution in [3.05, 3.63) is 34.7 Å². The fraction of sp³-hybridized carbons (Fsp3) is 0.364. The summed E-state index contributed by atoms with van der Waals surface area (Å²) in [7, 11) is 0. The van der Waals surface area contributed by atoms with Gasteiger partial charge in [-0.15, -0.1) is 11.3 Å². The summed E-state index contributed by atoms with van der Waals surface area (Å²) in [5.74, 6) is 0.892. The van der Waals surface area contributed by atoms with Crippen LogP contribution >= 0.6 is 11.3 Å². The first-order chi connectivity index (χ1) is 7.88. The molecule has 0 bridgehead atoms. The molecule has 2 aromatic rings. The molecule has 0 amide bonds. The number of nitrogens with one attached hydrogen (secondary N) is 1. The van der Waals surface area contributed by atoms with Crippen LogP contribution in [-0.2, 0) is 6.42 Å². The second-order valence-corrected chi connectivity index (χ2v) is 4.40. The highest BCUT2D eigenvalue weighted by molar-refractivity contribution is 7.09. The topological polar surface area (TPSA) is 50.7 Å². The number of aromatic nitrogens is 3. The largest absolute Gasteiger partial charge is 0.370 e. The molecular weight excluding hydrogens is 220 g/mol. The minimum atomic E-state index is 0.779. The Kier molecular flexibility index (Phi) is 3.82. The number of hydrogen-bond acceptors (Lipinski definition) is 5. The number of nitrogens with zero attached hydrogens (tertiary/aromatic N) is 3. The van der Waals surface area contributed by atoms with Crippen molar-refractivity contribution in [2.45, 2.75) is 19.8 Å². The van der Waals surface area contributed by atoms with Crippen molar-refractivity contribution >= 4 is 17.2 Å². The van der Waals surface area contributed by atoms with Crippen molar-refractivity contribution in [1.29, 1.82) is 0 Å². The van der Waals surface area contributed by atoms with E-state index in [4.69, 9.17) is 0 Å². The molecule has 0 spiro atoms. The van der Waals surface area contributed by atoms with Crippen molar-refractivity contribution in [2.24, 2.45) is 0 Å². The van der Waals surface area contributed by atoms with E-state index in [-0.39, 0.29) is 0 Å². The van der Waals surface area contributed by atoms with E-state index in [2.05, 4.69) is 27.2 Å². The molecule has 2 rings (SSSR count). The van der Waals surface area contributed by atoms with Crippen LogP contribution in [0.3, 0.4) is 0 Å². The maximum Gasteiger partial charge on any atom is 0.129 e. The van der Waals surface area contributed by atoms with Gasteiger partial charge in [0.25, 0.3) is 0 Å². The molecule has 84 valence electrons. The summed E-state index contributed by atoms with van der Waals surface area (Å²) < 4.78 is 0. The molecule has 2 heterocycles. The molecule has 0 aliphatic carbocycles. The van der Waals surface area contributed by atoms with Gasteiger partial charge in [-0.3, -0.25) is 0 Å². The van der Waals surface area contributed by atoms with E-state index in [0.717, 1.165) is 35.9 Å². The maximum absolute atomic E-state index is 4.24. The Hall–Kier alpha value is -1.49. The van der Waals surface area contributed by atoms with Gasteiger partial charge in [0.2, 0.25) is 0 Å². The lowest BCUT2D eigenvalue weighted by Gasteiger charge is -2.04. The Morgan fingerprint density at radius 2 is 2.25 bits per heavy atom. The number of thiazole rings is 1.